The van der Waals surface area contributed by atoms with E-state index >= 15 is 0 Å². The molecular formula is C16H9ClF3N3OS. The molecule has 3 aromatic rings. The lowest BCUT2D eigenvalue weighted by atomic mass is 10.0. The third-order valence-electron chi connectivity index (χ3n) is 3.29. The molecule has 0 saturated carbocycles. The highest BCUT2D eigenvalue weighted by molar-refractivity contribution is 7.13. The van der Waals surface area contributed by atoms with E-state index in [4.69, 9.17) is 11.6 Å². The van der Waals surface area contributed by atoms with Crippen LogP contribution in [0.25, 0.3) is 0 Å². The maximum atomic E-state index is 12.9. The van der Waals surface area contributed by atoms with Crippen LogP contribution < -0.4 is 5.32 Å². The van der Waals surface area contributed by atoms with Gasteiger partial charge in [0.15, 0.2) is 5.78 Å². The summed E-state index contributed by atoms with van der Waals surface area (Å²) in [5.74, 6) is -0.523. The first-order valence-electron chi connectivity index (χ1n) is 6.89. The van der Waals surface area contributed by atoms with Gasteiger partial charge in [0.1, 0.15) is 5.51 Å². The minimum atomic E-state index is -4.62. The first-order valence-corrected chi connectivity index (χ1v) is 8.15. The van der Waals surface area contributed by atoms with Gasteiger partial charge in [0, 0.05) is 16.8 Å². The summed E-state index contributed by atoms with van der Waals surface area (Å²) in [5, 5.41) is 10.7. The van der Waals surface area contributed by atoms with Crippen molar-refractivity contribution in [3.8, 4) is 0 Å². The van der Waals surface area contributed by atoms with Gasteiger partial charge in [-0.25, -0.2) is 0 Å². The number of nitrogens with one attached hydrogen (secondary N) is 1. The number of ketones is 1. The van der Waals surface area contributed by atoms with E-state index < -0.39 is 22.5 Å². The van der Waals surface area contributed by atoms with E-state index in [2.05, 4.69) is 15.5 Å². The average Bonchev–Trinajstić information content (AvgIpc) is 3.07. The summed E-state index contributed by atoms with van der Waals surface area (Å²) in [4.78, 5) is 12.4. The van der Waals surface area contributed by atoms with Crippen molar-refractivity contribution < 1.29 is 18.0 Å². The maximum absolute atomic E-state index is 12.9. The van der Waals surface area contributed by atoms with Crippen molar-refractivity contribution in [2.45, 2.75) is 6.18 Å². The molecule has 0 atom stereocenters. The van der Waals surface area contributed by atoms with Crippen LogP contribution in [0.3, 0.4) is 0 Å². The first-order chi connectivity index (χ1) is 11.8. The van der Waals surface area contributed by atoms with Gasteiger partial charge in [-0.2, -0.15) is 13.2 Å². The number of aromatic nitrogens is 2. The Morgan fingerprint density at radius 2 is 1.76 bits per heavy atom. The minimum absolute atomic E-state index is 0.0819. The van der Waals surface area contributed by atoms with Crippen LogP contribution in [-0.2, 0) is 6.18 Å². The highest BCUT2D eigenvalue weighted by Crippen LogP contribution is 2.35. The summed E-state index contributed by atoms with van der Waals surface area (Å²) in [6.07, 6.45) is -4.62. The van der Waals surface area contributed by atoms with E-state index in [0.717, 1.165) is 12.1 Å². The molecule has 0 bridgehead atoms. The monoisotopic (exact) mass is 383 g/mol. The Labute approximate surface area is 149 Å². The zero-order valence-corrected chi connectivity index (χ0v) is 13.9. The van der Waals surface area contributed by atoms with Crippen molar-refractivity contribution in [1.29, 1.82) is 0 Å². The Kier molecular flexibility index (Phi) is 4.73. The molecule has 25 heavy (non-hydrogen) atoms. The molecule has 0 unspecified atom stereocenters. The van der Waals surface area contributed by atoms with Gasteiger partial charge < -0.3 is 5.32 Å². The van der Waals surface area contributed by atoms with Gasteiger partial charge in [-0.15, -0.1) is 10.2 Å². The maximum Gasteiger partial charge on any atom is 0.417 e. The number of anilines is 2. The topological polar surface area (TPSA) is 54.9 Å². The summed E-state index contributed by atoms with van der Waals surface area (Å²) >= 11 is 6.88. The second-order valence-corrected chi connectivity index (χ2v) is 6.21. The van der Waals surface area contributed by atoms with Crippen molar-refractivity contribution in [3.63, 3.8) is 0 Å². The molecule has 3 rings (SSSR count). The van der Waals surface area contributed by atoms with E-state index in [1.807, 2.05) is 0 Å². The second kappa shape index (κ2) is 6.81. The number of nitrogens with zero attached hydrogens (tertiary/aromatic N) is 2. The molecule has 1 aromatic heterocycles. The van der Waals surface area contributed by atoms with Gasteiger partial charge in [0.05, 0.1) is 10.6 Å². The van der Waals surface area contributed by atoms with E-state index in [0.29, 0.717) is 10.8 Å². The van der Waals surface area contributed by atoms with Crippen LogP contribution in [0.2, 0.25) is 5.02 Å². The summed E-state index contributed by atoms with van der Waals surface area (Å²) in [6, 6.07) is 9.42. The number of hydrogen-bond donors (Lipinski definition) is 1. The molecule has 4 nitrogen and oxygen atoms in total. The molecule has 0 aliphatic heterocycles. The fraction of sp³-hybridized carbons (Fsp3) is 0.0625. The Morgan fingerprint density at radius 1 is 1.08 bits per heavy atom. The number of rotatable bonds is 4. The molecule has 0 aliphatic rings. The molecular weight excluding hydrogens is 375 g/mol. The zero-order chi connectivity index (χ0) is 18.0. The molecule has 2 aromatic carbocycles. The third kappa shape index (κ3) is 3.97. The van der Waals surface area contributed by atoms with Crippen molar-refractivity contribution in [1.82, 2.24) is 10.2 Å². The molecule has 1 heterocycles. The SMILES string of the molecule is O=C(c1ccc(Nc2nncs2)cc1)c1ccc(Cl)c(C(F)(F)F)c1. The quantitative estimate of drug-likeness (QED) is 0.630. The summed E-state index contributed by atoms with van der Waals surface area (Å²) in [6.45, 7) is 0. The lowest BCUT2D eigenvalue weighted by Crippen LogP contribution is -2.09. The van der Waals surface area contributed by atoms with E-state index in [1.54, 1.807) is 17.6 Å². The largest absolute Gasteiger partial charge is 0.417 e. The van der Waals surface area contributed by atoms with Gasteiger partial charge in [-0.3, -0.25) is 4.79 Å². The lowest BCUT2D eigenvalue weighted by molar-refractivity contribution is -0.137. The van der Waals surface area contributed by atoms with E-state index in [9.17, 15) is 18.0 Å². The number of carbonyl (C=O) groups excluding carboxylic acids is 1. The van der Waals surface area contributed by atoms with Crippen LogP contribution in [0.15, 0.2) is 48.0 Å². The summed E-state index contributed by atoms with van der Waals surface area (Å²) in [5.41, 5.74) is 1.40. The number of benzene rings is 2. The molecule has 1 N–H and O–H groups in total. The Balaban J connectivity index is 1.83. The van der Waals surface area contributed by atoms with Crippen LogP contribution in [0.1, 0.15) is 21.5 Å². The number of halogens is 4. The van der Waals surface area contributed by atoms with Crippen LogP contribution in [0.4, 0.5) is 24.0 Å². The lowest BCUT2D eigenvalue weighted by Gasteiger charge is -2.10. The Bertz CT molecular complexity index is 896. The van der Waals surface area contributed by atoms with Gasteiger partial charge >= 0.3 is 6.18 Å². The highest BCUT2D eigenvalue weighted by Gasteiger charge is 2.33. The predicted molar refractivity (Wildman–Crippen MR) is 89.5 cm³/mol. The van der Waals surface area contributed by atoms with Gasteiger partial charge in [0.25, 0.3) is 0 Å². The highest BCUT2D eigenvalue weighted by atomic mass is 35.5. The number of hydrogen-bond acceptors (Lipinski definition) is 5. The molecule has 0 saturated heterocycles. The Hall–Kier alpha value is -2.45. The fourth-order valence-electron chi connectivity index (χ4n) is 2.11. The second-order valence-electron chi connectivity index (χ2n) is 4.97. The molecule has 9 heteroatoms. The number of carbonyl (C=O) groups is 1. The van der Waals surface area contributed by atoms with E-state index in [1.165, 1.54) is 29.5 Å². The van der Waals surface area contributed by atoms with Crippen molar-refractivity contribution in [3.05, 3.63) is 69.7 Å². The number of alkyl halides is 3. The minimum Gasteiger partial charge on any atom is -0.330 e. The van der Waals surface area contributed by atoms with Crippen molar-refractivity contribution in [2.24, 2.45) is 0 Å². The van der Waals surface area contributed by atoms with Gasteiger partial charge in [-0.1, -0.05) is 22.9 Å². The molecule has 0 radical (unpaired) electrons. The van der Waals surface area contributed by atoms with Crippen LogP contribution in [0.5, 0.6) is 0 Å². The predicted octanol–water partition coefficient (Wildman–Crippen LogP) is 5.18. The van der Waals surface area contributed by atoms with Crippen LogP contribution in [-0.4, -0.2) is 16.0 Å². The molecule has 0 aliphatic carbocycles. The third-order valence-corrected chi connectivity index (χ3v) is 4.23. The Morgan fingerprint density at radius 3 is 2.36 bits per heavy atom. The van der Waals surface area contributed by atoms with Crippen molar-refractivity contribution >= 4 is 39.5 Å². The standard InChI is InChI=1S/C16H9ClF3N3OS/c17-13-6-3-10(7-12(13)16(18,19)20)14(24)9-1-4-11(5-2-9)22-15-23-21-8-25-15/h1-8H,(H,22,23). The smallest absolute Gasteiger partial charge is 0.330 e. The molecule has 0 amide bonds. The molecule has 128 valence electrons. The van der Waals surface area contributed by atoms with Gasteiger partial charge in [-0.05, 0) is 42.5 Å². The van der Waals surface area contributed by atoms with Crippen LogP contribution in [0, 0.1) is 0 Å². The van der Waals surface area contributed by atoms with Crippen LogP contribution >= 0.6 is 22.9 Å². The fourth-order valence-corrected chi connectivity index (χ4v) is 2.80. The first kappa shape index (κ1) is 17.4. The zero-order valence-electron chi connectivity index (χ0n) is 12.3. The summed E-state index contributed by atoms with van der Waals surface area (Å²) in [7, 11) is 0. The molecule has 0 spiro atoms. The molecule has 0 fully saturated rings. The summed E-state index contributed by atoms with van der Waals surface area (Å²) < 4.78 is 38.7. The normalized spacial score (nSPS) is 11.4. The van der Waals surface area contributed by atoms with E-state index in [-0.39, 0.29) is 11.1 Å². The average molecular weight is 384 g/mol. The van der Waals surface area contributed by atoms with Crippen molar-refractivity contribution in [2.75, 3.05) is 5.32 Å². The van der Waals surface area contributed by atoms with Gasteiger partial charge in [0.2, 0.25) is 5.13 Å².